The van der Waals surface area contributed by atoms with Gasteiger partial charge in [0, 0.05) is 6.04 Å². The molecule has 0 aliphatic carbocycles. The first-order valence-electron chi connectivity index (χ1n) is 5.71. The Hall–Kier alpha value is -0.950. The Labute approximate surface area is 117 Å². The van der Waals surface area contributed by atoms with Crippen molar-refractivity contribution in [2.75, 3.05) is 6.54 Å². The molecule has 0 amide bonds. The summed E-state index contributed by atoms with van der Waals surface area (Å²) < 4.78 is 76.2. The Bertz CT molecular complexity index is 462. The van der Waals surface area contributed by atoms with Crippen LogP contribution in [0.5, 0.6) is 0 Å². The molecule has 1 atom stereocenters. The lowest BCUT2D eigenvalue weighted by Gasteiger charge is -2.20. The third-order valence-electron chi connectivity index (χ3n) is 3.12. The number of alkyl halides is 6. The van der Waals surface area contributed by atoms with E-state index in [9.17, 15) is 26.3 Å². The van der Waals surface area contributed by atoms with Gasteiger partial charge in [0.2, 0.25) is 0 Å². The largest absolute Gasteiger partial charge is 0.416 e. The minimum atomic E-state index is -4.65. The van der Waals surface area contributed by atoms with Crippen LogP contribution in [-0.4, -0.2) is 6.54 Å². The second-order valence-electron chi connectivity index (χ2n) is 4.45. The van der Waals surface area contributed by atoms with Crippen LogP contribution in [0.15, 0.2) is 18.2 Å². The smallest absolute Gasteiger partial charge is 0.310 e. The number of rotatable bonds is 1. The standard InChI is InChI=1S/C12H11F6N.ClH/c13-11(14,15)7-3-4-9(12(16,17)18)8(6-7)10-2-1-5-19-10;/h3-4,6,10,19H,1-2,5H2;1H/t10-;/m0./s1. The predicted octanol–water partition coefficient (Wildman–Crippen LogP) is 4.57. The molecule has 1 saturated heterocycles. The molecule has 0 spiro atoms. The molecular formula is C12H12ClF6N. The topological polar surface area (TPSA) is 12.0 Å². The Morgan fingerprint density at radius 3 is 2.10 bits per heavy atom. The van der Waals surface area contributed by atoms with E-state index in [4.69, 9.17) is 0 Å². The average Bonchev–Trinajstić information content (AvgIpc) is 2.79. The summed E-state index contributed by atoms with van der Waals surface area (Å²) in [7, 11) is 0. The van der Waals surface area contributed by atoms with E-state index in [1.807, 2.05) is 0 Å². The van der Waals surface area contributed by atoms with Gasteiger partial charge in [0.15, 0.2) is 0 Å². The Kier molecular flexibility index (Phi) is 4.97. The van der Waals surface area contributed by atoms with Crippen molar-refractivity contribution < 1.29 is 26.3 Å². The predicted molar refractivity (Wildman–Crippen MR) is 63.7 cm³/mol. The molecule has 8 heteroatoms. The summed E-state index contributed by atoms with van der Waals surface area (Å²) in [5, 5.41) is 2.80. The SMILES string of the molecule is Cl.FC(F)(F)c1ccc(C(F)(F)F)c([C@@H]2CCCN2)c1. The van der Waals surface area contributed by atoms with E-state index >= 15 is 0 Å². The molecular weight excluding hydrogens is 308 g/mol. The summed E-state index contributed by atoms with van der Waals surface area (Å²) >= 11 is 0. The molecule has 20 heavy (non-hydrogen) atoms. The summed E-state index contributed by atoms with van der Waals surface area (Å²) in [4.78, 5) is 0. The van der Waals surface area contributed by atoms with Crippen molar-refractivity contribution in [3.63, 3.8) is 0 Å². The molecule has 114 valence electrons. The Morgan fingerprint density at radius 2 is 1.65 bits per heavy atom. The lowest BCUT2D eigenvalue weighted by atomic mass is 9.96. The number of nitrogens with one attached hydrogen (secondary N) is 1. The monoisotopic (exact) mass is 319 g/mol. The van der Waals surface area contributed by atoms with Crippen LogP contribution in [-0.2, 0) is 12.4 Å². The van der Waals surface area contributed by atoms with Crippen LogP contribution in [0.2, 0.25) is 0 Å². The fourth-order valence-corrected chi connectivity index (χ4v) is 2.24. The lowest BCUT2D eigenvalue weighted by molar-refractivity contribution is -0.142. The summed E-state index contributed by atoms with van der Waals surface area (Å²) in [6.45, 7) is 0.512. The quantitative estimate of drug-likeness (QED) is 0.748. The number of hydrogen-bond donors (Lipinski definition) is 1. The molecule has 1 fully saturated rings. The maximum absolute atomic E-state index is 12.8. The van der Waals surface area contributed by atoms with E-state index in [2.05, 4.69) is 5.32 Å². The van der Waals surface area contributed by atoms with Gasteiger partial charge in [-0.05, 0) is 43.1 Å². The van der Waals surface area contributed by atoms with E-state index in [0.29, 0.717) is 37.6 Å². The number of benzene rings is 1. The second kappa shape index (κ2) is 5.81. The number of halogens is 7. The Morgan fingerprint density at radius 1 is 1.00 bits per heavy atom. The van der Waals surface area contributed by atoms with Gasteiger partial charge in [0.1, 0.15) is 0 Å². The second-order valence-corrected chi connectivity index (χ2v) is 4.45. The van der Waals surface area contributed by atoms with Crippen LogP contribution < -0.4 is 5.32 Å². The molecule has 0 unspecified atom stereocenters. The summed E-state index contributed by atoms with van der Waals surface area (Å²) in [6.07, 6.45) is -8.23. The maximum Gasteiger partial charge on any atom is 0.416 e. The maximum atomic E-state index is 12.8. The highest BCUT2D eigenvalue weighted by Gasteiger charge is 2.38. The van der Waals surface area contributed by atoms with Crippen LogP contribution in [0, 0.1) is 0 Å². The fourth-order valence-electron chi connectivity index (χ4n) is 2.24. The van der Waals surface area contributed by atoms with Gasteiger partial charge in [-0.25, -0.2) is 0 Å². The zero-order valence-electron chi connectivity index (χ0n) is 10.1. The molecule has 0 radical (unpaired) electrons. The summed E-state index contributed by atoms with van der Waals surface area (Å²) in [6, 6.07) is 0.921. The van der Waals surface area contributed by atoms with Crippen molar-refractivity contribution in [3.05, 3.63) is 34.9 Å². The van der Waals surface area contributed by atoms with Crippen LogP contribution >= 0.6 is 12.4 Å². The molecule has 1 aliphatic heterocycles. The van der Waals surface area contributed by atoms with E-state index in [0.717, 1.165) is 0 Å². The van der Waals surface area contributed by atoms with Gasteiger partial charge in [-0.1, -0.05) is 0 Å². The van der Waals surface area contributed by atoms with Gasteiger partial charge in [0.25, 0.3) is 0 Å². The fraction of sp³-hybridized carbons (Fsp3) is 0.500. The highest BCUT2D eigenvalue weighted by molar-refractivity contribution is 5.85. The van der Waals surface area contributed by atoms with E-state index in [-0.39, 0.29) is 18.0 Å². The molecule has 1 N–H and O–H groups in total. The van der Waals surface area contributed by atoms with Crippen molar-refractivity contribution in [2.45, 2.75) is 31.2 Å². The van der Waals surface area contributed by atoms with Gasteiger partial charge in [-0.2, -0.15) is 26.3 Å². The number of hydrogen-bond acceptors (Lipinski definition) is 1. The van der Waals surface area contributed by atoms with Gasteiger partial charge in [-0.15, -0.1) is 12.4 Å². The van der Waals surface area contributed by atoms with Gasteiger partial charge in [-0.3, -0.25) is 0 Å². The van der Waals surface area contributed by atoms with E-state index in [1.165, 1.54) is 0 Å². The van der Waals surface area contributed by atoms with Gasteiger partial charge < -0.3 is 5.32 Å². The first-order chi connectivity index (χ1) is 8.69. The van der Waals surface area contributed by atoms with E-state index in [1.54, 1.807) is 0 Å². The molecule has 0 bridgehead atoms. The molecule has 1 aromatic carbocycles. The van der Waals surface area contributed by atoms with Gasteiger partial charge in [0.05, 0.1) is 11.1 Å². The van der Waals surface area contributed by atoms with E-state index < -0.39 is 29.5 Å². The summed E-state index contributed by atoms with van der Waals surface area (Å²) in [5.74, 6) is 0. The zero-order valence-corrected chi connectivity index (χ0v) is 10.9. The first-order valence-corrected chi connectivity index (χ1v) is 5.71. The van der Waals surface area contributed by atoms with Crippen molar-refractivity contribution >= 4 is 12.4 Å². The van der Waals surface area contributed by atoms with Crippen molar-refractivity contribution in [2.24, 2.45) is 0 Å². The molecule has 2 rings (SSSR count). The molecule has 0 aromatic heterocycles. The van der Waals surface area contributed by atoms with Crippen LogP contribution in [0.25, 0.3) is 0 Å². The zero-order chi connectivity index (χ0) is 14.3. The van der Waals surface area contributed by atoms with Crippen LogP contribution in [0.4, 0.5) is 26.3 Å². The molecule has 1 nitrogen and oxygen atoms in total. The third-order valence-corrected chi connectivity index (χ3v) is 3.12. The molecule has 1 heterocycles. The summed E-state index contributed by atoms with van der Waals surface area (Å²) in [5.41, 5.74) is -2.37. The third kappa shape index (κ3) is 3.58. The minimum Gasteiger partial charge on any atom is -0.310 e. The Balaban J connectivity index is 0.00000200. The first kappa shape index (κ1) is 17.1. The molecule has 1 aromatic rings. The lowest BCUT2D eigenvalue weighted by Crippen LogP contribution is -2.20. The highest BCUT2D eigenvalue weighted by atomic mass is 35.5. The minimum absolute atomic E-state index is 0. The van der Waals surface area contributed by atoms with Crippen molar-refractivity contribution in [1.29, 1.82) is 0 Å². The molecule has 1 aliphatic rings. The van der Waals surface area contributed by atoms with Crippen LogP contribution in [0.1, 0.15) is 35.6 Å². The van der Waals surface area contributed by atoms with Crippen molar-refractivity contribution in [3.8, 4) is 0 Å². The highest BCUT2D eigenvalue weighted by Crippen LogP contribution is 2.40. The molecule has 0 saturated carbocycles. The van der Waals surface area contributed by atoms with Gasteiger partial charge >= 0.3 is 12.4 Å². The van der Waals surface area contributed by atoms with Crippen molar-refractivity contribution in [1.82, 2.24) is 5.32 Å². The normalized spacial score (nSPS) is 19.8. The average molecular weight is 320 g/mol. The van der Waals surface area contributed by atoms with Crippen LogP contribution in [0.3, 0.4) is 0 Å².